The van der Waals surface area contributed by atoms with Crippen LogP contribution in [0.2, 0.25) is 10.0 Å². The molecule has 148 valence electrons. The molecule has 2 aromatic carbocycles. The summed E-state index contributed by atoms with van der Waals surface area (Å²) in [6.45, 7) is 1.74. The summed E-state index contributed by atoms with van der Waals surface area (Å²) in [5, 5.41) is 14.8. The second-order valence-electron chi connectivity index (χ2n) is 6.03. The summed E-state index contributed by atoms with van der Waals surface area (Å²) >= 11 is 12.1. The molecule has 0 saturated carbocycles. The minimum Gasteiger partial charge on any atom is -0.478 e. The van der Waals surface area contributed by atoms with Gasteiger partial charge in [-0.25, -0.2) is 4.79 Å². The Morgan fingerprint density at radius 3 is 2.31 bits per heavy atom. The molecule has 3 aromatic rings. The Morgan fingerprint density at radius 2 is 1.69 bits per heavy atom. The van der Waals surface area contributed by atoms with Crippen LogP contribution < -0.4 is 10.6 Å². The first kappa shape index (κ1) is 20.4. The Labute approximate surface area is 175 Å². The van der Waals surface area contributed by atoms with E-state index in [1.165, 1.54) is 42.7 Å². The lowest BCUT2D eigenvalue weighted by Gasteiger charge is -2.11. The third kappa shape index (κ3) is 4.59. The number of aromatic carboxylic acids is 1. The maximum absolute atomic E-state index is 12.5. The van der Waals surface area contributed by atoms with Gasteiger partial charge in [0, 0.05) is 16.3 Å². The molecule has 1 heterocycles. The van der Waals surface area contributed by atoms with Gasteiger partial charge < -0.3 is 20.2 Å². The highest BCUT2D eigenvalue weighted by atomic mass is 35.5. The Bertz CT molecular complexity index is 1120. The van der Waals surface area contributed by atoms with Crippen LogP contribution in [0.1, 0.15) is 36.8 Å². The topological polar surface area (TPSA) is 109 Å². The molecule has 1 aromatic heterocycles. The van der Waals surface area contributed by atoms with Crippen molar-refractivity contribution in [1.29, 1.82) is 0 Å². The van der Waals surface area contributed by atoms with Crippen LogP contribution >= 0.6 is 23.2 Å². The number of aryl methyl sites for hydroxylation is 1. The van der Waals surface area contributed by atoms with Gasteiger partial charge in [-0.15, -0.1) is 0 Å². The number of carboxylic acids is 1. The van der Waals surface area contributed by atoms with E-state index in [1.54, 1.807) is 13.0 Å². The number of nitrogens with one attached hydrogen (secondary N) is 2. The van der Waals surface area contributed by atoms with E-state index in [-0.39, 0.29) is 32.6 Å². The first-order valence-electron chi connectivity index (χ1n) is 8.25. The lowest BCUT2D eigenvalue weighted by molar-refractivity contribution is 0.0692. The zero-order chi connectivity index (χ0) is 21.1. The Hall–Kier alpha value is -3.29. The van der Waals surface area contributed by atoms with Crippen molar-refractivity contribution in [3.63, 3.8) is 0 Å². The molecule has 3 rings (SSSR count). The molecule has 0 aliphatic rings. The van der Waals surface area contributed by atoms with Gasteiger partial charge in [-0.05, 0) is 49.4 Å². The van der Waals surface area contributed by atoms with E-state index in [0.29, 0.717) is 11.3 Å². The van der Waals surface area contributed by atoms with Crippen LogP contribution in [-0.2, 0) is 0 Å². The number of rotatable bonds is 5. The molecule has 0 atom stereocenters. The minimum atomic E-state index is -1.26. The molecule has 0 bridgehead atoms. The molecule has 2 amide bonds. The number of furan rings is 1. The lowest BCUT2D eigenvalue weighted by Crippen LogP contribution is -2.17. The maximum Gasteiger partial charge on any atom is 0.336 e. The standard InChI is InChI=1S/C20H14Cl2N2O5/c1-10-6-7-29-17(10)19(26)23-12-3-5-16(15(22)9-12)24-18(25)14-8-11(21)2-4-13(14)20(27)28/h2-9H,1H3,(H,23,26)(H,24,25)(H,27,28). The van der Waals surface area contributed by atoms with Gasteiger partial charge in [-0.1, -0.05) is 23.2 Å². The molecule has 7 nitrogen and oxygen atoms in total. The van der Waals surface area contributed by atoms with Crippen LogP contribution in [0.5, 0.6) is 0 Å². The minimum absolute atomic E-state index is 0.105. The van der Waals surface area contributed by atoms with Gasteiger partial charge in [0.15, 0.2) is 5.76 Å². The second-order valence-corrected chi connectivity index (χ2v) is 6.87. The van der Waals surface area contributed by atoms with Crippen LogP contribution in [0, 0.1) is 6.92 Å². The van der Waals surface area contributed by atoms with Gasteiger partial charge >= 0.3 is 5.97 Å². The fourth-order valence-corrected chi connectivity index (χ4v) is 2.97. The number of carbonyl (C=O) groups is 3. The predicted octanol–water partition coefficient (Wildman–Crippen LogP) is 5.10. The van der Waals surface area contributed by atoms with Gasteiger partial charge in [-0.2, -0.15) is 0 Å². The number of hydrogen-bond acceptors (Lipinski definition) is 4. The largest absolute Gasteiger partial charge is 0.478 e. The second kappa shape index (κ2) is 8.38. The van der Waals surface area contributed by atoms with Crippen molar-refractivity contribution in [1.82, 2.24) is 0 Å². The number of carboxylic acid groups (broad SMARTS) is 1. The van der Waals surface area contributed by atoms with E-state index < -0.39 is 17.8 Å². The zero-order valence-electron chi connectivity index (χ0n) is 15.0. The third-order valence-corrected chi connectivity index (χ3v) is 4.55. The summed E-state index contributed by atoms with van der Waals surface area (Å²) in [6, 6.07) is 10.0. The van der Waals surface area contributed by atoms with Crippen LogP contribution in [0.3, 0.4) is 0 Å². The fraction of sp³-hybridized carbons (Fsp3) is 0.0500. The highest BCUT2D eigenvalue weighted by Gasteiger charge is 2.19. The van der Waals surface area contributed by atoms with Gasteiger partial charge in [0.1, 0.15) is 0 Å². The predicted molar refractivity (Wildman–Crippen MR) is 109 cm³/mol. The zero-order valence-corrected chi connectivity index (χ0v) is 16.5. The van der Waals surface area contributed by atoms with E-state index in [1.807, 2.05) is 0 Å². The molecule has 0 saturated heterocycles. The van der Waals surface area contributed by atoms with Crippen molar-refractivity contribution in [3.05, 3.63) is 81.2 Å². The molecule has 0 radical (unpaired) electrons. The molecule has 0 aliphatic carbocycles. The summed E-state index contributed by atoms with van der Waals surface area (Å²) in [6.07, 6.45) is 1.41. The van der Waals surface area contributed by atoms with E-state index >= 15 is 0 Å². The number of amides is 2. The van der Waals surface area contributed by atoms with Gasteiger partial charge in [0.2, 0.25) is 0 Å². The van der Waals surface area contributed by atoms with Crippen molar-refractivity contribution in [2.45, 2.75) is 6.92 Å². The summed E-state index contributed by atoms with van der Waals surface area (Å²) in [5.41, 5.74) is 1.02. The highest BCUT2D eigenvalue weighted by molar-refractivity contribution is 6.34. The van der Waals surface area contributed by atoms with Gasteiger partial charge in [0.25, 0.3) is 11.8 Å². The number of carbonyl (C=O) groups excluding carboxylic acids is 2. The lowest BCUT2D eigenvalue weighted by atomic mass is 10.1. The van der Waals surface area contributed by atoms with Crippen LogP contribution in [-0.4, -0.2) is 22.9 Å². The molecule has 9 heteroatoms. The highest BCUT2D eigenvalue weighted by Crippen LogP contribution is 2.27. The van der Waals surface area contributed by atoms with Gasteiger partial charge in [0.05, 0.1) is 28.1 Å². The van der Waals surface area contributed by atoms with E-state index in [2.05, 4.69) is 10.6 Å². The van der Waals surface area contributed by atoms with E-state index in [0.717, 1.165) is 0 Å². The molecule has 0 unspecified atom stereocenters. The van der Waals surface area contributed by atoms with Crippen molar-refractivity contribution >= 4 is 52.4 Å². The maximum atomic E-state index is 12.5. The van der Waals surface area contributed by atoms with Crippen molar-refractivity contribution in [3.8, 4) is 0 Å². The molecule has 29 heavy (non-hydrogen) atoms. The van der Waals surface area contributed by atoms with Crippen LogP contribution in [0.15, 0.2) is 53.1 Å². The quantitative estimate of drug-likeness (QED) is 0.519. The smallest absolute Gasteiger partial charge is 0.336 e. The molecular formula is C20H14Cl2N2O5. The summed E-state index contributed by atoms with van der Waals surface area (Å²) in [4.78, 5) is 36.1. The molecule has 0 spiro atoms. The Morgan fingerprint density at radius 1 is 0.931 bits per heavy atom. The molecule has 0 fully saturated rings. The van der Waals surface area contributed by atoms with Crippen molar-refractivity contribution in [2.24, 2.45) is 0 Å². The Kier molecular flexibility index (Phi) is 5.91. The normalized spacial score (nSPS) is 10.4. The van der Waals surface area contributed by atoms with Gasteiger partial charge in [-0.3, -0.25) is 9.59 Å². The number of anilines is 2. The SMILES string of the molecule is Cc1ccoc1C(=O)Nc1ccc(NC(=O)c2cc(Cl)ccc2C(=O)O)c(Cl)c1. The molecular weight excluding hydrogens is 419 g/mol. The monoisotopic (exact) mass is 432 g/mol. The number of benzene rings is 2. The first-order valence-corrected chi connectivity index (χ1v) is 9.01. The molecule has 3 N–H and O–H groups in total. The fourth-order valence-electron chi connectivity index (χ4n) is 2.57. The van der Waals surface area contributed by atoms with Crippen molar-refractivity contribution < 1.29 is 23.9 Å². The first-order chi connectivity index (χ1) is 13.8. The average molecular weight is 433 g/mol. The van der Waals surface area contributed by atoms with Crippen LogP contribution in [0.25, 0.3) is 0 Å². The van der Waals surface area contributed by atoms with E-state index in [4.69, 9.17) is 27.6 Å². The number of halogens is 2. The van der Waals surface area contributed by atoms with Crippen LogP contribution in [0.4, 0.5) is 11.4 Å². The van der Waals surface area contributed by atoms with Crippen molar-refractivity contribution in [2.75, 3.05) is 10.6 Å². The average Bonchev–Trinajstić information content (AvgIpc) is 3.09. The summed E-state index contributed by atoms with van der Waals surface area (Å²) in [5.74, 6) is -2.20. The molecule has 0 aliphatic heterocycles. The third-order valence-electron chi connectivity index (χ3n) is 4.00. The summed E-state index contributed by atoms with van der Waals surface area (Å²) in [7, 11) is 0. The number of hydrogen-bond donors (Lipinski definition) is 3. The van der Waals surface area contributed by atoms with E-state index in [9.17, 15) is 19.5 Å². The summed E-state index contributed by atoms with van der Waals surface area (Å²) < 4.78 is 5.13. The Balaban J connectivity index is 1.79.